The van der Waals surface area contributed by atoms with Gasteiger partial charge in [0.05, 0.1) is 13.3 Å². The summed E-state index contributed by atoms with van der Waals surface area (Å²) in [7, 11) is 3.64. The third-order valence-corrected chi connectivity index (χ3v) is 6.91. The second-order valence-corrected chi connectivity index (χ2v) is 7.27. The van der Waals surface area contributed by atoms with Crippen LogP contribution < -0.4 is 5.32 Å². The quantitative estimate of drug-likeness (QED) is 0.698. The molecule has 3 atom stereocenters. The maximum atomic E-state index is 11.2. The molecule has 2 N–H and O–H groups in total. The topological polar surface area (TPSA) is 65.0 Å². The van der Waals surface area contributed by atoms with Crippen LogP contribution in [0.2, 0.25) is 0 Å². The summed E-state index contributed by atoms with van der Waals surface area (Å²) in [4.78, 5) is 19.0. The fraction of sp³-hybridized carbons (Fsp3) is 0.800. The van der Waals surface area contributed by atoms with Crippen LogP contribution >= 0.6 is 23.5 Å². The number of nitrogens with zero attached hydrogens (tertiary/aromatic N) is 2. The van der Waals surface area contributed by atoms with Gasteiger partial charge in [-0.3, -0.25) is 16.7 Å². The molecule has 1 spiro atoms. The molecule has 1 radical (unpaired) electrons. The van der Waals surface area contributed by atoms with Gasteiger partial charge >= 0.3 is 5.97 Å². The standard InChI is InChI=1S/C10H16N3O3S2.V/c1-11-2-7-3-16-13-6-12-8(9(14)15)5-18-10(12,13)17-4-7;/h7-8,11H,1-6H2,(H,14,15);/q-1;/t7?,8?,10-;/m0./s1. The molecule has 0 aliphatic carbocycles. The Balaban J connectivity index is 0.00000133. The molecule has 0 amide bonds. The van der Waals surface area contributed by atoms with E-state index in [0.717, 1.165) is 12.3 Å². The largest absolute Gasteiger partial charge is 0.480 e. The van der Waals surface area contributed by atoms with Crippen molar-refractivity contribution in [2.45, 2.75) is 10.4 Å². The number of rotatable bonds is 3. The van der Waals surface area contributed by atoms with Crippen molar-refractivity contribution < 1.29 is 33.3 Å². The van der Waals surface area contributed by atoms with Gasteiger partial charge in [-0.25, -0.2) is 4.90 Å². The van der Waals surface area contributed by atoms with E-state index in [-0.39, 0.29) is 28.9 Å². The minimum Gasteiger partial charge on any atom is -0.480 e. The first-order valence-corrected chi connectivity index (χ1v) is 7.82. The number of thioether (sulfide) groups is 2. The Bertz CT molecular complexity index is 365. The molecule has 3 rings (SSSR count). The molecule has 0 aromatic rings. The minimum atomic E-state index is -0.736. The molecule has 9 heteroatoms. The summed E-state index contributed by atoms with van der Waals surface area (Å²) in [5.41, 5.74) is 0. The van der Waals surface area contributed by atoms with E-state index in [1.165, 1.54) is 0 Å². The zero-order valence-electron chi connectivity index (χ0n) is 10.3. The second kappa shape index (κ2) is 6.15. The van der Waals surface area contributed by atoms with E-state index in [1.54, 1.807) is 23.5 Å². The van der Waals surface area contributed by atoms with Crippen molar-refractivity contribution in [1.82, 2.24) is 15.3 Å². The van der Waals surface area contributed by atoms with Crippen LogP contribution in [0.15, 0.2) is 0 Å². The van der Waals surface area contributed by atoms with Gasteiger partial charge in [-0.2, -0.15) is 0 Å². The molecule has 0 aromatic heterocycles. The molecule has 0 aromatic carbocycles. The average molecular weight is 341 g/mol. The summed E-state index contributed by atoms with van der Waals surface area (Å²) in [5, 5.41) is 14.0. The molecule has 19 heavy (non-hydrogen) atoms. The number of carboxylic acids is 1. The molecule has 6 nitrogen and oxygen atoms in total. The number of carboxylic acid groups (broad SMARTS) is 1. The van der Waals surface area contributed by atoms with E-state index < -0.39 is 5.97 Å². The number of hydrogen-bond acceptors (Lipinski definition) is 7. The van der Waals surface area contributed by atoms with Crippen LogP contribution in [0.3, 0.4) is 0 Å². The summed E-state index contributed by atoms with van der Waals surface area (Å²) in [5.74, 6) is 1.26. The van der Waals surface area contributed by atoms with Crippen molar-refractivity contribution in [1.29, 1.82) is 0 Å². The Morgan fingerprint density at radius 1 is 1.53 bits per heavy atom. The van der Waals surface area contributed by atoms with Crippen molar-refractivity contribution in [2.24, 2.45) is 5.92 Å². The smallest absolute Gasteiger partial charge is 0.321 e. The number of carbonyl (C=O) groups is 1. The summed E-state index contributed by atoms with van der Waals surface area (Å²) in [6, 6.07) is -0.384. The van der Waals surface area contributed by atoms with Crippen molar-refractivity contribution in [3.8, 4) is 0 Å². The molecule has 3 saturated heterocycles. The Labute approximate surface area is 132 Å². The molecular formula is C10H16N3O3S2V-. The van der Waals surface area contributed by atoms with Gasteiger partial charge in [0.25, 0.3) is 0 Å². The third kappa shape index (κ3) is 2.57. The van der Waals surface area contributed by atoms with Crippen LogP contribution in [0, 0.1) is 13.0 Å². The van der Waals surface area contributed by atoms with Crippen LogP contribution in [0.25, 0.3) is 0 Å². The molecule has 3 aliphatic rings. The number of nitrogens with one attached hydrogen (secondary N) is 1. The summed E-state index contributed by atoms with van der Waals surface area (Å²) < 4.78 is -0.307. The van der Waals surface area contributed by atoms with E-state index >= 15 is 0 Å². The predicted octanol–water partition coefficient (Wildman–Crippen LogP) is 0.0461. The van der Waals surface area contributed by atoms with Crippen molar-refractivity contribution >= 4 is 29.5 Å². The first-order valence-electron chi connectivity index (χ1n) is 5.85. The molecular weight excluding hydrogens is 325 g/mol. The van der Waals surface area contributed by atoms with Crippen LogP contribution in [-0.4, -0.2) is 62.7 Å². The predicted molar refractivity (Wildman–Crippen MR) is 70.4 cm³/mol. The molecule has 3 heterocycles. The van der Waals surface area contributed by atoms with Crippen molar-refractivity contribution in [3.05, 3.63) is 7.05 Å². The molecule has 0 saturated carbocycles. The Kier molecular flexibility index (Phi) is 5.17. The van der Waals surface area contributed by atoms with Crippen LogP contribution in [0.1, 0.15) is 0 Å². The van der Waals surface area contributed by atoms with Crippen LogP contribution in [0.4, 0.5) is 0 Å². The van der Waals surface area contributed by atoms with E-state index in [9.17, 15) is 9.90 Å². The summed E-state index contributed by atoms with van der Waals surface area (Å²) in [6.07, 6.45) is 0. The molecule has 107 valence electrons. The first kappa shape index (κ1) is 16.0. The van der Waals surface area contributed by atoms with Gasteiger partial charge in [0.15, 0.2) is 4.33 Å². The van der Waals surface area contributed by atoms with Gasteiger partial charge < -0.3 is 10.4 Å². The van der Waals surface area contributed by atoms with E-state index in [4.69, 9.17) is 4.84 Å². The maximum Gasteiger partial charge on any atom is 0.321 e. The molecule has 0 bridgehead atoms. The fourth-order valence-electron chi connectivity index (χ4n) is 2.43. The van der Waals surface area contributed by atoms with Crippen LogP contribution in [-0.2, 0) is 28.2 Å². The summed E-state index contributed by atoms with van der Waals surface area (Å²) >= 11 is 3.45. The second-order valence-electron chi connectivity index (χ2n) is 4.63. The zero-order valence-corrected chi connectivity index (χ0v) is 13.3. The van der Waals surface area contributed by atoms with Gasteiger partial charge in [0, 0.05) is 36.0 Å². The van der Waals surface area contributed by atoms with Gasteiger partial charge in [-0.1, -0.05) is 0 Å². The maximum absolute atomic E-state index is 11.2. The number of aliphatic carboxylic acids is 1. The monoisotopic (exact) mass is 341 g/mol. The van der Waals surface area contributed by atoms with Gasteiger partial charge in [-0.15, -0.1) is 28.6 Å². The number of hydroxylamine groups is 2. The third-order valence-electron chi connectivity index (χ3n) is 3.46. The first-order chi connectivity index (χ1) is 8.67. The van der Waals surface area contributed by atoms with Gasteiger partial charge in [0.1, 0.15) is 6.04 Å². The molecule has 3 fully saturated rings. The van der Waals surface area contributed by atoms with Gasteiger partial charge in [0.2, 0.25) is 0 Å². The fourth-order valence-corrected chi connectivity index (χ4v) is 5.74. The van der Waals surface area contributed by atoms with Crippen molar-refractivity contribution in [2.75, 3.05) is 31.3 Å². The minimum absolute atomic E-state index is 0. The Hall–Kier alpha value is 0.594. The molecule has 2 unspecified atom stereocenters. The van der Waals surface area contributed by atoms with E-state index in [1.807, 2.05) is 9.96 Å². The molecule has 3 aliphatic heterocycles. The van der Waals surface area contributed by atoms with E-state index in [2.05, 4.69) is 12.4 Å². The van der Waals surface area contributed by atoms with Gasteiger partial charge in [-0.05, 0) is 6.54 Å². The zero-order chi connectivity index (χ0) is 12.8. The summed E-state index contributed by atoms with van der Waals surface area (Å²) in [6.45, 7) is 2.08. The Morgan fingerprint density at radius 2 is 2.26 bits per heavy atom. The average Bonchev–Trinajstić information content (AvgIpc) is 2.52. The Morgan fingerprint density at radius 3 is 2.95 bits per heavy atom. The van der Waals surface area contributed by atoms with Crippen LogP contribution in [0.5, 0.6) is 0 Å². The van der Waals surface area contributed by atoms with E-state index in [0.29, 0.717) is 24.9 Å². The normalized spacial score (nSPS) is 38.6. The SMILES string of the molecule is [CH2-]NCC1CON2CN3C(C(=O)O)CS[C@]23SC1.[V]. The number of hydrogen-bond donors (Lipinski definition) is 2. The van der Waals surface area contributed by atoms with Crippen molar-refractivity contribution in [3.63, 3.8) is 0 Å².